The van der Waals surface area contributed by atoms with Crippen LogP contribution in [0.15, 0.2) is 61.2 Å². The Hall–Kier alpha value is -2.55. The third kappa shape index (κ3) is 3.48. The van der Waals surface area contributed by atoms with E-state index in [4.69, 9.17) is 9.47 Å². The smallest absolute Gasteiger partial charge is 0.335 e. The van der Waals surface area contributed by atoms with Crippen LogP contribution in [0, 0.1) is 0 Å². The van der Waals surface area contributed by atoms with Crippen molar-refractivity contribution in [3.8, 4) is 22.6 Å². The first-order valence-electron chi connectivity index (χ1n) is 6.40. The van der Waals surface area contributed by atoms with Crippen LogP contribution in [-0.2, 0) is 4.79 Å². The molecular weight excluding hydrogens is 252 g/mol. The molecule has 0 aliphatic heterocycles. The van der Waals surface area contributed by atoms with Crippen LogP contribution in [0.3, 0.4) is 0 Å². The Bertz CT molecular complexity index is 583. The molecule has 0 saturated carbocycles. The molecule has 0 amide bonds. The maximum atomic E-state index is 11.1. The summed E-state index contributed by atoms with van der Waals surface area (Å²) in [6.45, 7) is 5.97. The highest BCUT2D eigenvalue weighted by Gasteiger charge is 2.02. The molecule has 0 aliphatic carbocycles. The molecule has 3 nitrogen and oxygen atoms in total. The van der Waals surface area contributed by atoms with Gasteiger partial charge in [-0.15, -0.1) is 0 Å². The van der Waals surface area contributed by atoms with E-state index in [0.717, 1.165) is 23.0 Å². The Morgan fingerprint density at radius 3 is 1.95 bits per heavy atom. The van der Waals surface area contributed by atoms with Crippen LogP contribution >= 0.6 is 0 Å². The topological polar surface area (TPSA) is 35.5 Å². The number of hydrogen-bond donors (Lipinski definition) is 0. The number of carbonyl (C=O) groups is 1. The fourth-order valence-electron chi connectivity index (χ4n) is 1.78. The van der Waals surface area contributed by atoms with Crippen molar-refractivity contribution in [2.75, 3.05) is 6.61 Å². The summed E-state index contributed by atoms with van der Waals surface area (Å²) in [5.74, 6) is 0.899. The van der Waals surface area contributed by atoms with Gasteiger partial charge in [-0.05, 0) is 42.3 Å². The van der Waals surface area contributed by atoms with E-state index in [1.165, 1.54) is 0 Å². The van der Waals surface area contributed by atoms with Crippen LogP contribution in [0.2, 0.25) is 0 Å². The first kappa shape index (κ1) is 13.9. The minimum absolute atomic E-state index is 0.459. The van der Waals surface area contributed by atoms with Crippen LogP contribution in [0.5, 0.6) is 11.5 Å². The van der Waals surface area contributed by atoms with Gasteiger partial charge in [0.15, 0.2) is 0 Å². The van der Waals surface area contributed by atoms with Crippen LogP contribution < -0.4 is 9.47 Å². The molecule has 2 aromatic carbocycles. The van der Waals surface area contributed by atoms with E-state index < -0.39 is 5.97 Å². The Morgan fingerprint density at radius 2 is 1.50 bits per heavy atom. The van der Waals surface area contributed by atoms with Crippen LogP contribution in [0.25, 0.3) is 11.1 Å². The highest BCUT2D eigenvalue weighted by molar-refractivity contribution is 5.83. The van der Waals surface area contributed by atoms with Crippen molar-refractivity contribution in [3.63, 3.8) is 0 Å². The molecule has 0 bridgehead atoms. The summed E-state index contributed by atoms with van der Waals surface area (Å²) in [5, 5.41) is 0. The van der Waals surface area contributed by atoms with Crippen LogP contribution in [-0.4, -0.2) is 12.6 Å². The minimum Gasteiger partial charge on any atom is -0.494 e. The molecule has 0 saturated heterocycles. The zero-order chi connectivity index (χ0) is 14.4. The van der Waals surface area contributed by atoms with Gasteiger partial charge < -0.3 is 9.47 Å². The fourth-order valence-corrected chi connectivity index (χ4v) is 1.78. The van der Waals surface area contributed by atoms with Crippen molar-refractivity contribution in [1.82, 2.24) is 0 Å². The summed E-state index contributed by atoms with van der Waals surface area (Å²) in [7, 11) is 0. The quantitative estimate of drug-likeness (QED) is 0.469. The van der Waals surface area contributed by atoms with Gasteiger partial charge in [-0.25, -0.2) is 4.79 Å². The first-order valence-corrected chi connectivity index (χ1v) is 6.40. The van der Waals surface area contributed by atoms with E-state index in [9.17, 15) is 4.79 Å². The third-order valence-electron chi connectivity index (χ3n) is 2.74. The number of benzene rings is 2. The molecule has 0 unspecified atom stereocenters. The molecular formula is C17H16O3. The van der Waals surface area contributed by atoms with Crippen LogP contribution in [0.4, 0.5) is 0 Å². The standard InChI is InChI=1S/C17H16O3/c1-3-17(18)20-16-11-7-14(8-12-16)13-5-9-15(10-6-13)19-4-2/h3,5-12H,1,4H2,2H3. The molecule has 0 aromatic heterocycles. The summed E-state index contributed by atoms with van der Waals surface area (Å²) < 4.78 is 10.4. The van der Waals surface area contributed by atoms with Crippen molar-refractivity contribution in [2.45, 2.75) is 6.92 Å². The van der Waals surface area contributed by atoms with Crippen molar-refractivity contribution >= 4 is 5.97 Å². The SMILES string of the molecule is C=CC(=O)Oc1ccc(-c2ccc(OCC)cc2)cc1. The molecule has 3 heteroatoms. The zero-order valence-corrected chi connectivity index (χ0v) is 11.3. The van der Waals surface area contributed by atoms with E-state index in [1.807, 2.05) is 43.3 Å². The summed E-state index contributed by atoms with van der Waals surface area (Å²) >= 11 is 0. The molecule has 0 radical (unpaired) electrons. The predicted molar refractivity (Wildman–Crippen MR) is 78.9 cm³/mol. The zero-order valence-electron chi connectivity index (χ0n) is 11.3. The van der Waals surface area contributed by atoms with Crippen molar-refractivity contribution in [2.24, 2.45) is 0 Å². The van der Waals surface area contributed by atoms with Gasteiger partial charge in [0.25, 0.3) is 0 Å². The Labute approximate surface area is 118 Å². The number of ether oxygens (including phenoxy) is 2. The van der Waals surface area contributed by atoms with Crippen molar-refractivity contribution in [3.05, 3.63) is 61.2 Å². The highest BCUT2D eigenvalue weighted by atomic mass is 16.5. The molecule has 0 atom stereocenters. The number of rotatable bonds is 5. The molecule has 0 aliphatic rings. The van der Waals surface area contributed by atoms with Gasteiger partial charge in [0.2, 0.25) is 0 Å². The van der Waals surface area contributed by atoms with E-state index in [-0.39, 0.29) is 0 Å². The van der Waals surface area contributed by atoms with Crippen molar-refractivity contribution < 1.29 is 14.3 Å². The largest absolute Gasteiger partial charge is 0.494 e. The second kappa shape index (κ2) is 6.57. The summed E-state index contributed by atoms with van der Waals surface area (Å²) in [5.41, 5.74) is 2.13. The maximum absolute atomic E-state index is 11.1. The number of carbonyl (C=O) groups excluding carboxylic acids is 1. The van der Waals surface area contributed by atoms with E-state index in [0.29, 0.717) is 12.4 Å². The van der Waals surface area contributed by atoms with E-state index in [2.05, 4.69) is 6.58 Å². The number of esters is 1. The van der Waals surface area contributed by atoms with Gasteiger partial charge in [0.05, 0.1) is 6.61 Å². The summed E-state index contributed by atoms with van der Waals surface area (Å²) in [6.07, 6.45) is 1.14. The molecule has 20 heavy (non-hydrogen) atoms. The van der Waals surface area contributed by atoms with Gasteiger partial charge in [0, 0.05) is 6.08 Å². The van der Waals surface area contributed by atoms with Gasteiger partial charge in [-0.3, -0.25) is 0 Å². The van der Waals surface area contributed by atoms with Gasteiger partial charge >= 0.3 is 5.97 Å². The van der Waals surface area contributed by atoms with Gasteiger partial charge in [0.1, 0.15) is 11.5 Å². The number of hydrogen-bond acceptors (Lipinski definition) is 3. The Morgan fingerprint density at radius 1 is 1.00 bits per heavy atom. The fraction of sp³-hybridized carbons (Fsp3) is 0.118. The minimum atomic E-state index is -0.459. The molecule has 2 rings (SSSR count). The summed E-state index contributed by atoms with van der Waals surface area (Å²) in [4.78, 5) is 11.1. The van der Waals surface area contributed by atoms with E-state index in [1.54, 1.807) is 12.1 Å². The van der Waals surface area contributed by atoms with Gasteiger partial charge in [-0.2, -0.15) is 0 Å². The average molecular weight is 268 g/mol. The second-order valence-corrected chi connectivity index (χ2v) is 4.11. The third-order valence-corrected chi connectivity index (χ3v) is 2.74. The summed E-state index contributed by atoms with van der Waals surface area (Å²) in [6, 6.07) is 15.2. The Kier molecular flexibility index (Phi) is 4.56. The van der Waals surface area contributed by atoms with Crippen LogP contribution in [0.1, 0.15) is 6.92 Å². The Balaban J connectivity index is 2.12. The lowest BCUT2D eigenvalue weighted by molar-refractivity contribution is -0.128. The highest BCUT2D eigenvalue weighted by Crippen LogP contribution is 2.24. The average Bonchev–Trinajstić information content (AvgIpc) is 2.49. The normalized spacial score (nSPS) is 9.85. The maximum Gasteiger partial charge on any atom is 0.335 e. The lowest BCUT2D eigenvalue weighted by Crippen LogP contribution is -2.02. The lowest BCUT2D eigenvalue weighted by atomic mass is 10.1. The molecule has 0 N–H and O–H groups in total. The lowest BCUT2D eigenvalue weighted by Gasteiger charge is -2.06. The molecule has 0 spiro atoms. The second-order valence-electron chi connectivity index (χ2n) is 4.11. The monoisotopic (exact) mass is 268 g/mol. The van der Waals surface area contributed by atoms with E-state index >= 15 is 0 Å². The van der Waals surface area contributed by atoms with Crippen molar-refractivity contribution in [1.29, 1.82) is 0 Å². The van der Waals surface area contributed by atoms with Gasteiger partial charge in [-0.1, -0.05) is 30.8 Å². The molecule has 0 heterocycles. The first-order chi connectivity index (χ1) is 9.72. The molecule has 102 valence electrons. The predicted octanol–water partition coefficient (Wildman–Crippen LogP) is 3.84. The molecule has 2 aromatic rings. The molecule has 0 fully saturated rings.